The minimum atomic E-state index is -4.02. The minimum Gasteiger partial charge on any atom is -0.490 e. The number of amides is 3. The highest BCUT2D eigenvalue weighted by Gasteiger charge is 2.31. The van der Waals surface area contributed by atoms with Crippen LogP contribution in [0.15, 0.2) is 35.7 Å². The highest BCUT2D eigenvalue weighted by molar-refractivity contribution is 7.92. The van der Waals surface area contributed by atoms with E-state index in [1.54, 1.807) is 43.0 Å². The van der Waals surface area contributed by atoms with E-state index in [0.717, 1.165) is 38.5 Å². The second-order valence-corrected chi connectivity index (χ2v) is 14.8. The Morgan fingerprint density at radius 1 is 1.15 bits per heavy atom. The lowest BCUT2D eigenvalue weighted by Crippen LogP contribution is -2.50. The molecular formula is C33H52N6O7S. The largest absolute Gasteiger partial charge is 0.490 e. The Labute approximate surface area is 279 Å². The maximum absolute atomic E-state index is 14.3. The second kappa shape index (κ2) is 16.6. The predicted octanol–water partition coefficient (Wildman–Crippen LogP) is 3.99. The van der Waals surface area contributed by atoms with Gasteiger partial charge in [0.25, 0.3) is 15.9 Å². The van der Waals surface area contributed by atoms with Gasteiger partial charge < -0.3 is 34.3 Å². The molecule has 1 saturated carbocycles. The zero-order chi connectivity index (χ0) is 34.1. The average molecular weight is 677 g/mol. The Morgan fingerprint density at radius 3 is 2.55 bits per heavy atom. The molecule has 1 aliphatic heterocycles. The van der Waals surface area contributed by atoms with Crippen LogP contribution >= 0.6 is 0 Å². The molecule has 0 radical (unpaired) electrons. The molecule has 262 valence electrons. The highest BCUT2D eigenvalue weighted by Crippen LogP contribution is 2.29. The standard InChI is InChI=1S/C33H52N6O7S/c1-23-18-39(24(2)21-40)32(41)28-17-27(36-47(43,44)31-20-37(4)22-34-31)14-15-29(28)46-25(3)11-9-10-16-45-30(23)19-38(5)33(42)35-26-12-7-6-8-13-26/h14-15,17,20,22-26,30,36,40H,6-13,16,18-19,21H2,1-5H3,(H,35,42)/t23-,24+,25-,30+/m1/s1. The first-order chi connectivity index (χ1) is 22.4. The number of nitrogens with one attached hydrogen (secondary N) is 2. The van der Waals surface area contributed by atoms with Crippen LogP contribution in [0.2, 0.25) is 0 Å². The van der Waals surface area contributed by atoms with Crippen LogP contribution in [-0.2, 0) is 21.8 Å². The first kappa shape index (κ1) is 36.5. The maximum atomic E-state index is 14.3. The summed E-state index contributed by atoms with van der Waals surface area (Å²) >= 11 is 0. The number of aromatic nitrogens is 2. The number of anilines is 1. The van der Waals surface area contributed by atoms with Crippen molar-refractivity contribution in [2.45, 2.75) is 101 Å². The molecular weight excluding hydrogens is 624 g/mol. The van der Waals surface area contributed by atoms with Gasteiger partial charge >= 0.3 is 6.03 Å². The van der Waals surface area contributed by atoms with E-state index in [1.165, 1.54) is 29.6 Å². The van der Waals surface area contributed by atoms with Crippen LogP contribution in [0.5, 0.6) is 5.75 Å². The van der Waals surface area contributed by atoms with E-state index in [9.17, 15) is 23.1 Å². The van der Waals surface area contributed by atoms with Gasteiger partial charge in [-0.05, 0) is 64.2 Å². The monoisotopic (exact) mass is 676 g/mol. The van der Waals surface area contributed by atoms with E-state index < -0.39 is 22.0 Å². The van der Waals surface area contributed by atoms with Gasteiger partial charge in [0.05, 0.1) is 36.7 Å². The molecule has 4 atom stereocenters. The van der Waals surface area contributed by atoms with Gasteiger partial charge in [0.2, 0.25) is 0 Å². The Morgan fingerprint density at radius 2 is 1.87 bits per heavy atom. The number of ether oxygens (including phenoxy) is 2. The van der Waals surface area contributed by atoms with Crippen molar-refractivity contribution in [2.75, 3.05) is 38.1 Å². The van der Waals surface area contributed by atoms with Gasteiger partial charge in [0.1, 0.15) is 5.75 Å². The van der Waals surface area contributed by atoms with Gasteiger partial charge in [-0.15, -0.1) is 0 Å². The van der Waals surface area contributed by atoms with Crippen molar-refractivity contribution >= 4 is 27.6 Å². The molecule has 14 heteroatoms. The van der Waals surface area contributed by atoms with Gasteiger partial charge in [-0.1, -0.05) is 26.2 Å². The van der Waals surface area contributed by atoms with Crippen LogP contribution < -0.4 is 14.8 Å². The van der Waals surface area contributed by atoms with E-state index in [0.29, 0.717) is 25.3 Å². The molecule has 0 bridgehead atoms. The van der Waals surface area contributed by atoms with Crippen LogP contribution in [0, 0.1) is 5.92 Å². The lowest BCUT2D eigenvalue weighted by atomic mass is 9.96. The van der Waals surface area contributed by atoms with Gasteiger partial charge in [-0.2, -0.15) is 8.42 Å². The summed E-state index contributed by atoms with van der Waals surface area (Å²) in [5.41, 5.74) is 0.348. The molecule has 0 saturated heterocycles. The fraction of sp³-hybridized carbons (Fsp3) is 0.667. The number of likely N-dealkylation sites (N-methyl/N-ethyl adjacent to an activating group) is 1. The third kappa shape index (κ3) is 10.1. The summed E-state index contributed by atoms with van der Waals surface area (Å²) in [6.45, 7) is 6.44. The van der Waals surface area contributed by atoms with E-state index in [2.05, 4.69) is 15.0 Å². The van der Waals surface area contributed by atoms with E-state index in [1.807, 2.05) is 13.8 Å². The molecule has 2 aromatic rings. The number of fused-ring (bicyclic) bond motifs is 1. The zero-order valence-electron chi connectivity index (χ0n) is 28.4. The molecule has 3 amide bonds. The first-order valence-electron chi connectivity index (χ1n) is 16.7. The van der Waals surface area contributed by atoms with Crippen molar-refractivity contribution < 1.29 is 32.6 Å². The van der Waals surface area contributed by atoms with Gasteiger partial charge in [0, 0.05) is 57.6 Å². The SMILES string of the molecule is C[C@@H]1CCCCO[C@@H](CN(C)C(=O)NC2CCCCC2)[C@H](C)CN([C@@H](C)CO)C(=O)c2cc(NS(=O)(=O)c3cn(C)cn3)ccc2O1. The quantitative estimate of drug-likeness (QED) is 0.379. The molecule has 1 aromatic carbocycles. The Kier molecular flexibility index (Phi) is 12.9. The normalized spacial score (nSPS) is 22.8. The number of rotatable bonds is 8. The molecule has 3 N–H and O–H groups in total. The third-order valence-electron chi connectivity index (χ3n) is 8.99. The summed E-state index contributed by atoms with van der Waals surface area (Å²) in [6.07, 6.45) is 9.95. The lowest BCUT2D eigenvalue weighted by Gasteiger charge is -2.36. The fourth-order valence-corrected chi connectivity index (χ4v) is 7.10. The fourth-order valence-electron chi connectivity index (χ4n) is 6.07. The van der Waals surface area contributed by atoms with Crippen molar-refractivity contribution in [3.05, 3.63) is 36.3 Å². The number of carbonyl (C=O) groups is 2. The predicted molar refractivity (Wildman–Crippen MR) is 179 cm³/mol. The van der Waals surface area contributed by atoms with Gasteiger partial charge in [0.15, 0.2) is 5.03 Å². The number of aryl methyl sites for hydroxylation is 1. The number of aliphatic hydroxyl groups excluding tert-OH is 1. The number of aliphatic hydroxyl groups is 1. The van der Waals surface area contributed by atoms with Crippen molar-refractivity contribution in [2.24, 2.45) is 13.0 Å². The summed E-state index contributed by atoms with van der Waals surface area (Å²) in [6, 6.07) is 4.11. The Balaban J connectivity index is 1.60. The average Bonchev–Trinajstić information content (AvgIpc) is 3.50. The summed E-state index contributed by atoms with van der Waals surface area (Å²) < 4.78 is 42.8. The summed E-state index contributed by atoms with van der Waals surface area (Å²) in [7, 11) is -0.577. The number of hydrogen-bond donors (Lipinski definition) is 3. The van der Waals surface area contributed by atoms with Gasteiger partial charge in [-0.3, -0.25) is 9.52 Å². The number of hydrogen-bond acceptors (Lipinski definition) is 8. The molecule has 47 heavy (non-hydrogen) atoms. The first-order valence-corrected chi connectivity index (χ1v) is 18.2. The number of urea groups is 1. The van der Waals surface area contributed by atoms with E-state index >= 15 is 0 Å². The topological polar surface area (TPSA) is 155 Å². The maximum Gasteiger partial charge on any atom is 0.317 e. The number of benzene rings is 1. The minimum absolute atomic E-state index is 0.135. The summed E-state index contributed by atoms with van der Waals surface area (Å²) in [5, 5.41) is 13.2. The van der Waals surface area contributed by atoms with Crippen LogP contribution in [0.3, 0.4) is 0 Å². The van der Waals surface area contributed by atoms with Crippen LogP contribution in [0.25, 0.3) is 0 Å². The van der Waals surface area contributed by atoms with E-state index in [4.69, 9.17) is 9.47 Å². The molecule has 1 aliphatic carbocycles. The van der Waals surface area contributed by atoms with Crippen LogP contribution in [0.1, 0.15) is 82.5 Å². The Bertz CT molecular complexity index is 1440. The number of nitrogens with zero attached hydrogens (tertiary/aromatic N) is 4. The molecule has 2 heterocycles. The summed E-state index contributed by atoms with van der Waals surface area (Å²) in [4.78, 5) is 34.6. The molecule has 2 aliphatic rings. The number of carbonyl (C=O) groups excluding carboxylic acids is 2. The molecule has 0 spiro atoms. The van der Waals surface area contributed by atoms with Gasteiger partial charge in [-0.25, -0.2) is 9.78 Å². The van der Waals surface area contributed by atoms with Crippen molar-refractivity contribution in [1.29, 1.82) is 0 Å². The third-order valence-corrected chi connectivity index (χ3v) is 10.3. The van der Waals surface area contributed by atoms with Crippen molar-refractivity contribution in [1.82, 2.24) is 24.7 Å². The molecule has 1 aromatic heterocycles. The smallest absolute Gasteiger partial charge is 0.317 e. The molecule has 4 rings (SSSR count). The number of imidazole rings is 1. The van der Waals surface area contributed by atoms with E-state index in [-0.39, 0.29) is 59.6 Å². The molecule has 1 fully saturated rings. The lowest BCUT2D eigenvalue weighted by molar-refractivity contribution is -0.0123. The van der Waals surface area contributed by atoms with Crippen molar-refractivity contribution in [3.8, 4) is 5.75 Å². The van der Waals surface area contributed by atoms with Crippen LogP contribution in [0.4, 0.5) is 10.5 Å². The number of sulfonamides is 1. The Hall–Kier alpha value is -3.36. The van der Waals surface area contributed by atoms with Crippen LogP contribution in [-0.4, -0.2) is 102 Å². The highest BCUT2D eigenvalue weighted by atomic mass is 32.2. The second-order valence-electron chi connectivity index (χ2n) is 13.2. The van der Waals surface area contributed by atoms with Crippen molar-refractivity contribution in [3.63, 3.8) is 0 Å². The molecule has 0 unspecified atom stereocenters. The summed E-state index contributed by atoms with van der Waals surface area (Å²) in [5.74, 6) is -0.302. The zero-order valence-corrected chi connectivity index (χ0v) is 29.2. The molecule has 13 nitrogen and oxygen atoms in total.